The van der Waals surface area contributed by atoms with Crippen molar-refractivity contribution >= 4 is 43.2 Å². The molecule has 0 aliphatic rings. The zero-order chi connectivity index (χ0) is 14.0. The molecule has 0 bridgehead atoms. The summed E-state index contributed by atoms with van der Waals surface area (Å²) in [5.41, 5.74) is 8.45. The van der Waals surface area contributed by atoms with Crippen molar-refractivity contribution in [2.75, 3.05) is 0 Å². The molecule has 1 unspecified atom stereocenters. The Bertz CT molecular complexity index is 568. The van der Waals surface area contributed by atoms with E-state index in [2.05, 4.69) is 31.9 Å². The third kappa shape index (κ3) is 3.60. The number of benzene rings is 1. The van der Waals surface area contributed by atoms with E-state index >= 15 is 0 Å². The molecule has 0 saturated heterocycles. The summed E-state index contributed by atoms with van der Waals surface area (Å²) in [4.78, 5) is 0. The van der Waals surface area contributed by atoms with Gasteiger partial charge >= 0.3 is 0 Å². The Kier molecular flexibility index (Phi) is 5.06. The number of para-hydroxylation sites is 1. The van der Waals surface area contributed by atoms with Gasteiger partial charge < -0.3 is 10.5 Å². The van der Waals surface area contributed by atoms with Crippen LogP contribution in [0.2, 0.25) is 0 Å². The van der Waals surface area contributed by atoms with Crippen molar-refractivity contribution in [3.05, 3.63) is 49.0 Å². The van der Waals surface area contributed by atoms with Crippen LogP contribution in [-0.4, -0.2) is 6.10 Å². The van der Waals surface area contributed by atoms with Gasteiger partial charge in [0.25, 0.3) is 0 Å². The van der Waals surface area contributed by atoms with Crippen molar-refractivity contribution in [2.45, 2.75) is 26.0 Å². The van der Waals surface area contributed by atoms with Gasteiger partial charge in [-0.3, -0.25) is 0 Å². The average Bonchev–Trinajstić information content (AvgIpc) is 2.67. The van der Waals surface area contributed by atoms with Crippen LogP contribution in [0.3, 0.4) is 0 Å². The molecule has 0 radical (unpaired) electrons. The Morgan fingerprint density at radius 2 is 1.84 bits per heavy atom. The molecule has 0 saturated carbocycles. The fraction of sp³-hybridized carbons (Fsp3) is 0.286. The maximum Gasteiger partial charge on any atom is 0.124 e. The molecule has 2 nitrogen and oxygen atoms in total. The Labute approximate surface area is 134 Å². The topological polar surface area (TPSA) is 35.2 Å². The van der Waals surface area contributed by atoms with Crippen LogP contribution < -0.4 is 10.5 Å². The molecular formula is C14H15Br2NOS. The molecule has 5 heteroatoms. The van der Waals surface area contributed by atoms with Crippen LogP contribution in [0.1, 0.15) is 31.0 Å². The smallest absolute Gasteiger partial charge is 0.124 e. The van der Waals surface area contributed by atoms with Gasteiger partial charge in [0.2, 0.25) is 0 Å². The van der Waals surface area contributed by atoms with E-state index in [-0.39, 0.29) is 12.1 Å². The Morgan fingerprint density at radius 1 is 1.16 bits per heavy atom. The molecular weight excluding hydrogens is 390 g/mol. The zero-order valence-electron chi connectivity index (χ0n) is 10.7. The predicted octanol–water partition coefficient (Wildman–Crippen LogP) is 5.11. The molecule has 19 heavy (non-hydrogen) atoms. The molecule has 0 aliphatic heterocycles. The lowest BCUT2D eigenvalue weighted by Gasteiger charge is -2.18. The number of nitrogens with two attached hydrogens (primary N) is 1. The highest BCUT2D eigenvalue weighted by atomic mass is 79.9. The van der Waals surface area contributed by atoms with Crippen molar-refractivity contribution in [1.29, 1.82) is 0 Å². The number of rotatable bonds is 4. The first-order valence-electron chi connectivity index (χ1n) is 5.95. The zero-order valence-corrected chi connectivity index (χ0v) is 14.7. The monoisotopic (exact) mass is 403 g/mol. The van der Waals surface area contributed by atoms with Gasteiger partial charge in [-0.1, -0.05) is 18.2 Å². The van der Waals surface area contributed by atoms with E-state index in [9.17, 15) is 0 Å². The van der Waals surface area contributed by atoms with Gasteiger partial charge in [0.1, 0.15) is 5.75 Å². The first-order valence-corrected chi connectivity index (χ1v) is 8.35. The lowest BCUT2D eigenvalue weighted by molar-refractivity contribution is 0.239. The standard InChI is InChI=1S/C14H15Br2NOS/c1-8(2)18-11-6-4-3-5-9(11)13(17)10-7-12(15)19-14(10)16/h3-8,13H,17H2,1-2H3. The van der Waals surface area contributed by atoms with Crippen molar-refractivity contribution in [3.8, 4) is 5.75 Å². The fourth-order valence-corrected chi connectivity index (χ4v) is 4.76. The van der Waals surface area contributed by atoms with Crippen molar-refractivity contribution in [1.82, 2.24) is 0 Å². The van der Waals surface area contributed by atoms with E-state index in [1.165, 1.54) is 0 Å². The molecule has 2 N–H and O–H groups in total. The summed E-state index contributed by atoms with van der Waals surface area (Å²) in [7, 11) is 0. The van der Waals surface area contributed by atoms with Gasteiger partial charge in [-0.25, -0.2) is 0 Å². The molecule has 102 valence electrons. The van der Waals surface area contributed by atoms with Crippen molar-refractivity contribution < 1.29 is 4.74 Å². The van der Waals surface area contributed by atoms with Crippen LogP contribution in [0, 0.1) is 0 Å². The molecule has 0 aliphatic carbocycles. The minimum atomic E-state index is -0.202. The van der Waals surface area contributed by atoms with Gasteiger partial charge in [0, 0.05) is 5.56 Å². The first-order chi connectivity index (χ1) is 8.99. The number of hydrogen-bond donors (Lipinski definition) is 1. The minimum Gasteiger partial charge on any atom is -0.491 e. The Hall–Kier alpha value is -0.360. The molecule has 0 fully saturated rings. The highest BCUT2D eigenvalue weighted by molar-refractivity contribution is 9.12. The Morgan fingerprint density at radius 3 is 2.42 bits per heavy atom. The number of halogens is 2. The number of hydrogen-bond acceptors (Lipinski definition) is 3. The molecule has 2 aromatic rings. The fourth-order valence-electron chi connectivity index (χ4n) is 1.83. The summed E-state index contributed by atoms with van der Waals surface area (Å²) < 4.78 is 7.94. The third-order valence-corrected chi connectivity index (χ3v) is 5.02. The second-order valence-corrected chi connectivity index (χ2v) is 8.21. The van der Waals surface area contributed by atoms with E-state index < -0.39 is 0 Å². The largest absolute Gasteiger partial charge is 0.491 e. The van der Waals surface area contributed by atoms with E-state index in [0.717, 1.165) is 24.4 Å². The van der Waals surface area contributed by atoms with Crippen LogP contribution in [0.15, 0.2) is 37.9 Å². The maximum atomic E-state index is 6.38. The van der Waals surface area contributed by atoms with E-state index in [1.807, 2.05) is 44.2 Å². The van der Waals surface area contributed by atoms with Gasteiger partial charge in [-0.15, -0.1) is 11.3 Å². The molecule has 1 aromatic heterocycles. The van der Waals surface area contributed by atoms with E-state index in [4.69, 9.17) is 10.5 Å². The minimum absolute atomic E-state index is 0.131. The maximum absolute atomic E-state index is 6.38. The van der Waals surface area contributed by atoms with Crippen LogP contribution in [0.4, 0.5) is 0 Å². The number of ether oxygens (including phenoxy) is 1. The van der Waals surface area contributed by atoms with Gasteiger partial charge in [-0.2, -0.15) is 0 Å². The van der Waals surface area contributed by atoms with E-state index in [1.54, 1.807) is 11.3 Å². The van der Waals surface area contributed by atoms with Crippen LogP contribution in [0.25, 0.3) is 0 Å². The molecule has 1 heterocycles. The summed E-state index contributed by atoms with van der Waals surface area (Å²) >= 11 is 8.67. The number of thiophene rings is 1. The Balaban J connectivity index is 2.38. The van der Waals surface area contributed by atoms with Crippen LogP contribution in [0.5, 0.6) is 5.75 Å². The summed E-state index contributed by atoms with van der Waals surface area (Å²) in [6.07, 6.45) is 0.131. The quantitative estimate of drug-likeness (QED) is 0.768. The van der Waals surface area contributed by atoms with Crippen LogP contribution >= 0.6 is 43.2 Å². The average molecular weight is 405 g/mol. The first kappa shape index (κ1) is 15.0. The molecule has 2 rings (SSSR count). The molecule has 1 aromatic carbocycles. The molecule has 1 atom stereocenters. The summed E-state index contributed by atoms with van der Waals surface area (Å²) in [6.45, 7) is 4.03. The summed E-state index contributed by atoms with van der Waals surface area (Å²) in [6, 6.07) is 9.77. The SMILES string of the molecule is CC(C)Oc1ccccc1C(N)c1cc(Br)sc1Br. The summed E-state index contributed by atoms with van der Waals surface area (Å²) in [5, 5.41) is 0. The van der Waals surface area contributed by atoms with Crippen molar-refractivity contribution in [3.63, 3.8) is 0 Å². The van der Waals surface area contributed by atoms with Crippen LogP contribution in [-0.2, 0) is 0 Å². The normalized spacial score (nSPS) is 12.7. The third-order valence-electron chi connectivity index (χ3n) is 2.63. The highest BCUT2D eigenvalue weighted by Gasteiger charge is 2.19. The lowest BCUT2D eigenvalue weighted by Crippen LogP contribution is -2.15. The highest BCUT2D eigenvalue weighted by Crippen LogP contribution is 2.39. The van der Waals surface area contributed by atoms with Crippen molar-refractivity contribution in [2.24, 2.45) is 5.73 Å². The summed E-state index contributed by atoms with van der Waals surface area (Å²) in [5.74, 6) is 0.847. The second-order valence-electron chi connectivity index (χ2n) is 4.46. The molecule has 0 amide bonds. The van der Waals surface area contributed by atoms with Gasteiger partial charge in [0.15, 0.2) is 0 Å². The molecule has 0 spiro atoms. The second kappa shape index (κ2) is 6.39. The van der Waals surface area contributed by atoms with Gasteiger partial charge in [0.05, 0.1) is 19.7 Å². The van der Waals surface area contributed by atoms with E-state index in [0.29, 0.717) is 0 Å². The van der Waals surface area contributed by atoms with Gasteiger partial charge in [-0.05, 0) is 63.4 Å². The predicted molar refractivity (Wildman–Crippen MR) is 88.0 cm³/mol. The lowest BCUT2D eigenvalue weighted by atomic mass is 10.0.